The van der Waals surface area contributed by atoms with Crippen LogP contribution in [0.4, 0.5) is 0 Å². The SMILES string of the molecule is CCc1occc1C(=O)N1CCN(C(CC)CN)CC1. The van der Waals surface area contributed by atoms with Crippen LogP contribution in [-0.4, -0.2) is 54.5 Å². The first-order valence-electron chi connectivity index (χ1n) is 7.51. The van der Waals surface area contributed by atoms with Crippen molar-refractivity contribution in [3.8, 4) is 0 Å². The second-order valence-corrected chi connectivity index (χ2v) is 5.24. The van der Waals surface area contributed by atoms with Gasteiger partial charge in [-0.2, -0.15) is 0 Å². The molecule has 1 fully saturated rings. The van der Waals surface area contributed by atoms with Crippen LogP contribution in [0, 0.1) is 0 Å². The number of rotatable bonds is 5. The molecular formula is C15H25N3O2. The van der Waals surface area contributed by atoms with Crippen LogP contribution in [0.3, 0.4) is 0 Å². The van der Waals surface area contributed by atoms with Crippen molar-refractivity contribution in [1.29, 1.82) is 0 Å². The van der Waals surface area contributed by atoms with E-state index in [0.29, 0.717) is 18.2 Å². The van der Waals surface area contributed by atoms with E-state index in [9.17, 15) is 4.79 Å². The molecule has 1 unspecified atom stereocenters. The third-order valence-electron chi connectivity index (χ3n) is 4.16. The summed E-state index contributed by atoms with van der Waals surface area (Å²) in [6.45, 7) is 8.19. The highest BCUT2D eigenvalue weighted by atomic mass is 16.3. The van der Waals surface area contributed by atoms with Gasteiger partial charge in [-0.3, -0.25) is 9.69 Å². The zero-order valence-corrected chi connectivity index (χ0v) is 12.5. The van der Waals surface area contributed by atoms with Gasteiger partial charge >= 0.3 is 0 Å². The third kappa shape index (κ3) is 3.04. The van der Waals surface area contributed by atoms with Crippen LogP contribution < -0.4 is 5.73 Å². The molecule has 0 saturated carbocycles. The summed E-state index contributed by atoms with van der Waals surface area (Å²) in [7, 11) is 0. The molecule has 1 aliphatic rings. The Hall–Kier alpha value is -1.33. The van der Waals surface area contributed by atoms with Gasteiger partial charge in [0, 0.05) is 45.2 Å². The average molecular weight is 279 g/mol. The van der Waals surface area contributed by atoms with Crippen LogP contribution in [-0.2, 0) is 6.42 Å². The number of nitrogens with zero attached hydrogens (tertiary/aromatic N) is 2. The highest BCUT2D eigenvalue weighted by Crippen LogP contribution is 2.16. The highest BCUT2D eigenvalue weighted by Gasteiger charge is 2.26. The Morgan fingerprint density at radius 2 is 2.05 bits per heavy atom. The number of aryl methyl sites for hydroxylation is 1. The van der Waals surface area contributed by atoms with Gasteiger partial charge in [-0.15, -0.1) is 0 Å². The Balaban J connectivity index is 1.95. The molecule has 0 spiro atoms. The lowest BCUT2D eigenvalue weighted by Gasteiger charge is -2.38. The molecule has 1 aromatic rings. The summed E-state index contributed by atoms with van der Waals surface area (Å²) >= 11 is 0. The van der Waals surface area contributed by atoms with E-state index in [1.54, 1.807) is 12.3 Å². The molecule has 1 saturated heterocycles. The van der Waals surface area contributed by atoms with Crippen LogP contribution in [0.25, 0.3) is 0 Å². The summed E-state index contributed by atoms with van der Waals surface area (Å²) in [5.41, 5.74) is 6.50. The van der Waals surface area contributed by atoms with Crippen molar-refractivity contribution in [2.75, 3.05) is 32.7 Å². The Morgan fingerprint density at radius 1 is 1.35 bits per heavy atom. The maximum atomic E-state index is 12.5. The fourth-order valence-electron chi connectivity index (χ4n) is 2.84. The summed E-state index contributed by atoms with van der Waals surface area (Å²) in [6.07, 6.45) is 3.41. The van der Waals surface area contributed by atoms with Crippen molar-refractivity contribution in [1.82, 2.24) is 9.80 Å². The molecule has 0 radical (unpaired) electrons. The van der Waals surface area contributed by atoms with Crippen molar-refractivity contribution in [3.05, 3.63) is 23.7 Å². The lowest BCUT2D eigenvalue weighted by Crippen LogP contribution is -2.53. The van der Waals surface area contributed by atoms with E-state index in [1.165, 1.54) is 0 Å². The largest absolute Gasteiger partial charge is 0.469 e. The van der Waals surface area contributed by atoms with Gasteiger partial charge in [-0.05, 0) is 12.5 Å². The average Bonchev–Trinajstić information content (AvgIpc) is 2.97. The van der Waals surface area contributed by atoms with E-state index in [1.807, 2.05) is 11.8 Å². The molecule has 20 heavy (non-hydrogen) atoms. The topological polar surface area (TPSA) is 62.7 Å². The maximum Gasteiger partial charge on any atom is 0.257 e. The van der Waals surface area contributed by atoms with Gasteiger partial charge in [0.25, 0.3) is 5.91 Å². The van der Waals surface area contributed by atoms with Gasteiger partial charge in [0.05, 0.1) is 11.8 Å². The molecule has 2 heterocycles. The maximum absolute atomic E-state index is 12.5. The zero-order chi connectivity index (χ0) is 14.5. The number of piperazine rings is 1. The van der Waals surface area contributed by atoms with E-state index < -0.39 is 0 Å². The molecule has 1 aromatic heterocycles. The Labute approximate surface area is 120 Å². The Kier molecular flexibility index (Phi) is 5.20. The first-order chi connectivity index (χ1) is 9.71. The van der Waals surface area contributed by atoms with E-state index in [0.717, 1.165) is 44.8 Å². The van der Waals surface area contributed by atoms with Crippen LogP contribution in [0.5, 0.6) is 0 Å². The lowest BCUT2D eigenvalue weighted by atomic mass is 10.1. The molecule has 1 amide bonds. The molecular weight excluding hydrogens is 254 g/mol. The Morgan fingerprint density at radius 3 is 2.60 bits per heavy atom. The Bertz CT molecular complexity index is 432. The quantitative estimate of drug-likeness (QED) is 0.883. The molecule has 1 atom stereocenters. The standard InChI is InChI=1S/C15H25N3O2/c1-3-12(11-16)17-6-8-18(9-7-17)15(19)13-5-10-20-14(13)4-2/h5,10,12H,3-4,6-9,11,16H2,1-2H3. The predicted octanol–water partition coefficient (Wildman–Crippen LogP) is 1.34. The number of carbonyl (C=O) groups excluding carboxylic acids is 1. The number of hydrogen-bond acceptors (Lipinski definition) is 4. The summed E-state index contributed by atoms with van der Waals surface area (Å²) in [4.78, 5) is 16.8. The number of nitrogens with two attached hydrogens (primary N) is 1. The number of amides is 1. The minimum Gasteiger partial charge on any atom is -0.469 e. The summed E-state index contributed by atoms with van der Waals surface area (Å²) < 4.78 is 5.35. The third-order valence-corrected chi connectivity index (χ3v) is 4.16. The molecule has 1 aliphatic heterocycles. The number of furan rings is 1. The molecule has 2 N–H and O–H groups in total. The minimum atomic E-state index is 0.0936. The van der Waals surface area contributed by atoms with Crippen molar-refractivity contribution >= 4 is 5.91 Å². The molecule has 5 nitrogen and oxygen atoms in total. The van der Waals surface area contributed by atoms with Gasteiger partial charge < -0.3 is 15.1 Å². The predicted molar refractivity (Wildman–Crippen MR) is 78.7 cm³/mol. The molecule has 0 aliphatic carbocycles. The van der Waals surface area contributed by atoms with E-state index in [2.05, 4.69) is 11.8 Å². The lowest BCUT2D eigenvalue weighted by molar-refractivity contribution is 0.0569. The van der Waals surface area contributed by atoms with Crippen molar-refractivity contribution < 1.29 is 9.21 Å². The highest BCUT2D eigenvalue weighted by molar-refractivity contribution is 5.95. The summed E-state index contributed by atoms with van der Waals surface area (Å²) in [6, 6.07) is 2.22. The fourth-order valence-corrected chi connectivity index (χ4v) is 2.84. The smallest absolute Gasteiger partial charge is 0.257 e. The second kappa shape index (κ2) is 6.90. The van der Waals surface area contributed by atoms with Gasteiger partial charge in [0.1, 0.15) is 5.76 Å². The second-order valence-electron chi connectivity index (χ2n) is 5.24. The van der Waals surface area contributed by atoms with Crippen molar-refractivity contribution in [2.45, 2.75) is 32.7 Å². The number of hydrogen-bond donors (Lipinski definition) is 1. The summed E-state index contributed by atoms with van der Waals surface area (Å²) in [5.74, 6) is 0.877. The number of carbonyl (C=O) groups is 1. The minimum absolute atomic E-state index is 0.0936. The normalized spacial score (nSPS) is 18.2. The molecule has 0 aromatic carbocycles. The van der Waals surface area contributed by atoms with E-state index in [-0.39, 0.29) is 5.91 Å². The summed E-state index contributed by atoms with van der Waals surface area (Å²) in [5, 5.41) is 0. The van der Waals surface area contributed by atoms with Crippen LogP contribution >= 0.6 is 0 Å². The van der Waals surface area contributed by atoms with Gasteiger partial charge in [0.2, 0.25) is 0 Å². The van der Waals surface area contributed by atoms with Gasteiger partial charge in [0.15, 0.2) is 0 Å². The van der Waals surface area contributed by atoms with E-state index >= 15 is 0 Å². The first kappa shape index (κ1) is 15.1. The van der Waals surface area contributed by atoms with Gasteiger partial charge in [-0.1, -0.05) is 13.8 Å². The van der Waals surface area contributed by atoms with Crippen molar-refractivity contribution in [2.24, 2.45) is 5.73 Å². The molecule has 0 bridgehead atoms. The van der Waals surface area contributed by atoms with Crippen LogP contribution in [0.2, 0.25) is 0 Å². The fraction of sp³-hybridized carbons (Fsp3) is 0.667. The van der Waals surface area contributed by atoms with Crippen molar-refractivity contribution in [3.63, 3.8) is 0 Å². The van der Waals surface area contributed by atoms with E-state index in [4.69, 9.17) is 10.2 Å². The van der Waals surface area contributed by atoms with Crippen LogP contribution in [0.15, 0.2) is 16.7 Å². The van der Waals surface area contributed by atoms with Crippen LogP contribution in [0.1, 0.15) is 36.4 Å². The molecule has 2 rings (SSSR count). The zero-order valence-electron chi connectivity index (χ0n) is 12.5. The molecule has 112 valence electrons. The first-order valence-corrected chi connectivity index (χ1v) is 7.51. The monoisotopic (exact) mass is 279 g/mol. The van der Waals surface area contributed by atoms with Gasteiger partial charge in [-0.25, -0.2) is 0 Å². The molecule has 5 heteroatoms.